The minimum Gasteiger partial charge on any atom is -0.482 e. The Kier molecular flexibility index (Phi) is 4.11. The van der Waals surface area contributed by atoms with E-state index in [2.05, 4.69) is 10.6 Å². The Morgan fingerprint density at radius 1 is 1.17 bits per heavy atom. The van der Waals surface area contributed by atoms with Gasteiger partial charge in [-0.25, -0.2) is 13.2 Å². The first-order chi connectivity index (χ1) is 11.4. The maximum absolute atomic E-state index is 13.5. The monoisotopic (exact) mass is 336 g/mol. The fourth-order valence-electron chi connectivity index (χ4n) is 2.24. The normalized spacial score (nSPS) is 12.9. The average Bonchev–Trinajstić information content (AvgIpc) is 2.55. The van der Waals surface area contributed by atoms with Crippen LogP contribution in [0, 0.1) is 17.5 Å². The molecule has 1 aliphatic heterocycles. The summed E-state index contributed by atoms with van der Waals surface area (Å²) in [6.45, 7) is -0.0811. The van der Waals surface area contributed by atoms with Crippen molar-refractivity contribution >= 4 is 23.2 Å². The van der Waals surface area contributed by atoms with Gasteiger partial charge in [-0.2, -0.15) is 0 Å². The van der Waals surface area contributed by atoms with E-state index >= 15 is 0 Å². The summed E-state index contributed by atoms with van der Waals surface area (Å²) in [7, 11) is 0. The lowest BCUT2D eigenvalue weighted by atomic mass is 10.1. The molecule has 0 saturated heterocycles. The van der Waals surface area contributed by atoms with Gasteiger partial charge in [0.05, 0.1) is 17.8 Å². The minimum absolute atomic E-state index is 0.0811. The van der Waals surface area contributed by atoms with E-state index in [0.717, 1.165) is 12.1 Å². The summed E-state index contributed by atoms with van der Waals surface area (Å²) in [6.07, 6.45) is -0.151. The molecule has 2 aromatic carbocycles. The molecule has 0 bridgehead atoms. The molecule has 2 amide bonds. The highest BCUT2D eigenvalue weighted by molar-refractivity contribution is 5.96. The maximum atomic E-state index is 13.5. The van der Waals surface area contributed by atoms with E-state index in [4.69, 9.17) is 4.74 Å². The molecular weight excluding hydrogens is 325 g/mol. The molecule has 0 spiro atoms. The second-order valence-corrected chi connectivity index (χ2v) is 5.12. The molecular formula is C16H11F3N2O3. The maximum Gasteiger partial charge on any atom is 0.262 e. The van der Waals surface area contributed by atoms with E-state index in [-0.39, 0.29) is 18.9 Å². The lowest BCUT2D eigenvalue weighted by Crippen LogP contribution is -2.25. The van der Waals surface area contributed by atoms with Gasteiger partial charge in [-0.3, -0.25) is 9.59 Å². The molecule has 3 rings (SSSR count). The molecule has 1 aliphatic rings. The smallest absolute Gasteiger partial charge is 0.262 e. The number of benzene rings is 2. The molecule has 124 valence electrons. The van der Waals surface area contributed by atoms with Crippen molar-refractivity contribution in [1.82, 2.24) is 0 Å². The van der Waals surface area contributed by atoms with Gasteiger partial charge >= 0.3 is 0 Å². The Labute approximate surface area is 134 Å². The number of ether oxygens (including phenoxy) is 1. The Morgan fingerprint density at radius 3 is 2.75 bits per heavy atom. The second kappa shape index (κ2) is 6.23. The van der Waals surface area contributed by atoms with Gasteiger partial charge in [-0.05, 0) is 29.8 Å². The number of nitrogens with one attached hydrogen (secondary N) is 2. The molecule has 1 heterocycles. The van der Waals surface area contributed by atoms with Crippen molar-refractivity contribution in [2.24, 2.45) is 0 Å². The van der Waals surface area contributed by atoms with Crippen LogP contribution >= 0.6 is 0 Å². The van der Waals surface area contributed by atoms with Crippen LogP contribution < -0.4 is 15.4 Å². The van der Waals surface area contributed by atoms with Gasteiger partial charge in [-0.15, -0.1) is 0 Å². The van der Waals surface area contributed by atoms with Crippen LogP contribution in [0.1, 0.15) is 5.56 Å². The Morgan fingerprint density at radius 2 is 1.96 bits per heavy atom. The molecule has 0 radical (unpaired) electrons. The molecule has 0 atom stereocenters. The molecule has 0 fully saturated rings. The highest BCUT2D eigenvalue weighted by Crippen LogP contribution is 2.28. The molecule has 8 heteroatoms. The second-order valence-electron chi connectivity index (χ2n) is 5.12. The zero-order chi connectivity index (χ0) is 17.3. The Hall–Kier alpha value is -3.03. The zero-order valence-electron chi connectivity index (χ0n) is 12.2. The van der Waals surface area contributed by atoms with Gasteiger partial charge in [0.2, 0.25) is 5.91 Å². The van der Waals surface area contributed by atoms with E-state index in [1.54, 1.807) is 18.2 Å². The number of halogens is 3. The number of hydrogen-bond donors (Lipinski definition) is 2. The molecule has 5 nitrogen and oxygen atoms in total. The average molecular weight is 336 g/mol. The first kappa shape index (κ1) is 15.9. The summed E-state index contributed by atoms with van der Waals surface area (Å²) in [6, 6.07) is 6.41. The van der Waals surface area contributed by atoms with Gasteiger partial charge in [0.25, 0.3) is 5.91 Å². The topological polar surface area (TPSA) is 67.4 Å². The SMILES string of the molecule is O=C1COc2ccc(CC(=O)Nc3ccc(F)c(F)c3F)cc2N1. The number of hydrogen-bond acceptors (Lipinski definition) is 3. The predicted octanol–water partition coefficient (Wildman–Crippen LogP) is 2.62. The summed E-state index contributed by atoms with van der Waals surface area (Å²) in [5.74, 6) is -4.91. The number of fused-ring (bicyclic) bond motifs is 1. The number of amides is 2. The third-order valence-corrected chi connectivity index (χ3v) is 3.35. The van der Waals surface area contributed by atoms with Crippen molar-refractivity contribution in [3.05, 3.63) is 53.3 Å². The molecule has 2 N–H and O–H groups in total. The van der Waals surface area contributed by atoms with Crippen molar-refractivity contribution in [2.75, 3.05) is 17.2 Å². The molecule has 0 unspecified atom stereocenters. The van der Waals surface area contributed by atoms with Gasteiger partial charge < -0.3 is 15.4 Å². The Balaban J connectivity index is 1.73. The van der Waals surface area contributed by atoms with E-state index in [1.165, 1.54) is 0 Å². The van der Waals surface area contributed by atoms with Crippen LogP contribution in [0.4, 0.5) is 24.5 Å². The molecule has 0 aliphatic carbocycles. The van der Waals surface area contributed by atoms with E-state index < -0.39 is 29.0 Å². The molecule has 0 aromatic heterocycles. The van der Waals surface area contributed by atoms with E-state index in [1.807, 2.05) is 0 Å². The number of carbonyl (C=O) groups is 2. The third-order valence-electron chi connectivity index (χ3n) is 3.35. The lowest BCUT2D eigenvalue weighted by molar-refractivity contribution is -0.118. The van der Waals surface area contributed by atoms with Gasteiger partial charge in [0.1, 0.15) is 5.75 Å². The lowest BCUT2D eigenvalue weighted by Gasteiger charge is -2.18. The quantitative estimate of drug-likeness (QED) is 0.847. The largest absolute Gasteiger partial charge is 0.482 e. The summed E-state index contributed by atoms with van der Waals surface area (Å²) < 4.78 is 44.7. The van der Waals surface area contributed by atoms with Crippen molar-refractivity contribution in [3.63, 3.8) is 0 Å². The van der Waals surface area contributed by atoms with E-state index in [9.17, 15) is 22.8 Å². The van der Waals surface area contributed by atoms with Crippen molar-refractivity contribution in [1.29, 1.82) is 0 Å². The highest BCUT2D eigenvalue weighted by atomic mass is 19.2. The zero-order valence-corrected chi connectivity index (χ0v) is 12.2. The van der Waals surface area contributed by atoms with Crippen LogP contribution in [-0.4, -0.2) is 18.4 Å². The van der Waals surface area contributed by atoms with E-state index in [0.29, 0.717) is 17.0 Å². The van der Waals surface area contributed by atoms with Crippen LogP contribution in [0.15, 0.2) is 30.3 Å². The molecule has 0 saturated carbocycles. The number of carbonyl (C=O) groups excluding carboxylic acids is 2. The fourth-order valence-corrected chi connectivity index (χ4v) is 2.24. The van der Waals surface area contributed by atoms with Gasteiger partial charge in [0.15, 0.2) is 24.1 Å². The number of rotatable bonds is 3. The first-order valence-corrected chi connectivity index (χ1v) is 6.93. The van der Waals surface area contributed by atoms with Crippen molar-refractivity contribution in [2.45, 2.75) is 6.42 Å². The van der Waals surface area contributed by atoms with Crippen LogP contribution in [0.25, 0.3) is 0 Å². The third kappa shape index (κ3) is 3.17. The van der Waals surface area contributed by atoms with Crippen LogP contribution in [0.5, 0.6) is 5.75 Å². The predicted molar refractivity (Wildman–Crippen MR) is 79.2 cm³/mol. The van der Waals surface area contributed by atoms with Gasteiger partial charge in [0, 0.05) is 0 Å². The summed E-state index contributed by atoms with van der Waals surface area (Å²) in [5, 5.41) is 4.78. The minimum atomic E-state index is -1.65. The summed E-state index contributed by atoms with van der Waals surface area (Å²) >= 11 is 0. The van der Waals surface area contributed by atoms with Crippen LogP contribution in [0.2, 0.25) is 0 Å². The van der Waals surface area contributed by atoms with Crippen molar-refractivity contribution in [3.8, 4) is 5.75 Å². The number of anilines is 2. The molecule has 2 aromatic rings. The van der Waals surface area contributed by atoms with Gasteiger partial charge in [-0.1, -0.05) is 6.07 Å². The first-order valence-electron chi connectivity index (χ1n) is 6.93. The fraction of sp³-hybridized carbons (Fsp3) is 0.125. The van der Waals surface area contributed by atoms with Crippen molar-refractivity contribution < 1.29 is 27.5 Å². The highest BCUT2D eigenvalue weighted by Gasteiger charge is 2.18. The summed E-state index contributed by atoms with van der Waals surface area (Å²) in [4.78, 5) is 23.2. The summed E-state index contributed by atoms with van der Waals surface area (Å²) in [5.41, 5.74) is 0.504. The Bertz CT molecular complexity index is 840. The standard InChI is InChI=1S/C16H11F3N2O3/c17-9-2-3-10(16(19)15(9)18)20-13(22)6-8-1-4-12-11(5-8)21-14(23)7-24-12/h1-5H,6-7H2,(H,20,22)(H,21,23). The molecule has 24 heavy (non-hydrogen) atoms. The van der Waals surface area contributed by atoms with Crippen LogP contribution in [0.3, 0.4) is 0 Å². The van der Waals surface area contributed by atoms with Crippen LogP contribution in [-0.2, 0) is 16.0 Å².